The third-order valence-electron chi connectivity index (χ3n) is 3.76. The van der Waals surface area contributed by atoms with Gasteiger partial charge in [-0.25, -0.2) is 8.42 Å². The van der Waals surface area contributed by atoms with Crippen LogP contribution >= 0.6 is 11.6 Å². The molecule has 1 amide bonds. The number of carbonyl (C=O) groups is 1. The Bertz CT molecular complexity index is 1070. The fourth-order valence-corrected chi connectivity index (χ4v) is 3.68. The summed E-state index contributed by atoms with van der Waals surface area (Å²) >= 11 is 5.77. The molecule has 0 spiro atoms. The van der Waals surface area contributed by atoms with E-state index in [-0.39, 0.29) is 10.5 Å². The molecule has 0 aliphatic rings. The third kappa shape index (κ3) is 3.65. The molecule has 0 unspecified atom stereocenters. The van der Waals surface area contributed by atoms with Gasteiger partial charge in [-0.05, 0) is 36.4 Å². The Hall–Kier alpha value is -2.61. The molecule has 3 aromatic carbocycles. The number of carbonyl (C=O) groups excluding carboxylic acids is 1. The van der Waals surface area contributed by atoms with E-state index in [4.69, 9.17) is 16.3 Å². The number of benzene rings is 3. The van der Waals surface area contributed by atoms with Crippen LogP contribution in [0.15, 0.2) is 65.6 Å². The molecule has 8 heteroatoms. The van der Waals surface area contributed by atoms with E-state index in [0.29, 0.717) is 21.5 Å². The van der Waals surface area contributed by atoms with Crippen LogP contribution in [0.25, 0.3) is 10.8 Å². The van der Waals surface area contributed by atoms with Crippen LogP contribution < -0.4 is 15.0 Å². The molecule has 26 heavy (non-hydrogen) atoms. The molecule has 0 aliphatic heterocycles. The number of hydrogen-bond acceptors (Lipinski definition) is 4. The van der Waals surface area contributed by atoms with E-state index in [1.165, 1.54) is 25.3 Å². The van der Waals surface area contributed by atoms with Gasteiger partial charge in [0.2, 0.25) is 0 Å². The Morgan fingerprint density at radius 3 is 2.27 bits per heavy atom. The molecule has 0 bridgehead atoms. The van der Waals surface area contributed by atoms with Crippen molar-refractivity contribution in [3.63, 3.8) is 0 Å². The monoisotopic (exact) mass is 390 g/mol. The number of rotatable bonds is 5. The van der Waals surface area contributed by atoms with Crippen molar-refractivity contribution >= 4 is 38.3 Å². The smallest absolute Gasteiger partial charge is 0.266 e. The molecule has 0 aromatic heterocycles. The minimum absolute atomic E-state index is 0.0327. The van der Waals surface area contributed by atoms with Crippen LogP contribution in [0.3, 0.4) is 0 Å². The summed E-state index contributed by atoms with van der Waals surface area (Å²) in [4.78, 5) is 14.2. The molecule has 0 radical (unpaired) electrons. The molecule has 0 atom stereocenters. The van der Waals surface area contributed by atoms with Crippen molar-refractivity contribution in [1.82, 2.24) is 10.3 Å². The van der Waals surface area contributed by atoms with Gasteiger partial charge in [0.1, 0.15) is 5.75 Å². The lowest BCUT2D eigenvalue weighted by Crippen LogP contribution is -2.41. The van der Waals surface area contributed by atoms with Crippen LogP contribution in [0.5, 0.6) is 5.75 Å². The fraction of sp³-hybridized carbons (Fsp3) is 0.0556. The van der Waals surface area contributed by atoms with Crippen LogP contribution in [0, 0.1) is 0 Å². The molecule has 6 nitrogen and oxygen atoms in total. The van der Waals surface area contributed by atoms with Gasteiger partial charge in [-0.2, -0.15) is 0 Å². The second kappa shape index (κ2) is 7.33. The predicted octanol–water partition coefficient (Wildman–Crippen LogP) is 3.13. The number of amides is 1. The zero-order chi connectivity index (χ0) is 18.7. The van der Waals surface area contributed by atoms with Gasteiger partial charge < -0.3 is 4.74 Å². The molecule has 0 saturated heterocycles. The van der Waals surface area contributed by atoms with E-state index in [0.717, 1.165) is 0 Å². The second-order valence-electron chi connectivity index (χ2n) is 5.38. The van der Waals surface area contributed by atoms with Gasteiger partial charge in [0, 0.05) is 21.4 Å². The van der Waals surface area contributed by atoms with E-state index in [9.17, 15) is 13.2 Å². The van der Waals surface area contributed by atoms with Gasteiger partial charge in [-0.3, -0.25) is 10.2 Å². The predicted molar refractivity (Wildman–Crippen MR) is 99.7 cm³/mol. The maximum atomic E-state index is 12.6. The summed E-state index contributed by atoms with van der Waals surface area (Å²) in [5.41, 5.74) is 2.47. The number of ether oxygens (including phenoxy) is 1. The lowest BCUT2D eigenvalue weighted by Gasteiger charge is -2.12. The standard InChI is InChI=1S/C18H15ClN2O4S/c1-25-16-10-11-17(15-5-3-2-4-14(15)16)26(23,24)21-20-18(22)12-6-8-13(19)9-7-12/h2-11,21H,1H3,(H,20,22). The summed E-state index contributed by atoms with van der Waals surface area (Å²) in [5, 5.41) is 1.62. The highest BCUT2D eigenvalue weighted by Crippen LogP contribution is 2.30. The van der Waals surface area contributed by atoms with Crippen molar-refractivity contribution in [2.45, 2.75) is 4.90 Å². The first-order valence-electron chi connectivity index (χ1n) is 7.56. The van der Waals surface area contributed by atoms with Crippen LogP contribution in [0.2, 0.25) is 5.02 Å². The maximum Gasteiger partial charge on any atom is 0.266 e. The molecule has 2 N–H and O–H groups in total. The molecule has 3 rings (SSSR count). The van der Waals surface area contributed by atoms with Crippen molar-refractivity contribution in [3.8, 4) is 5.75 Å². The number of halogens is 1. The number of methoxy groups -OCH3 is 1. The largest absolute Gasteiger partial charge is 0.496 e. The van der Waals surface area contributed by atoms with E-state index in [1.807, 2.05) is 0 Å². The molecule has 0 heterocycles. The number of sulfonamides is 1. The lowest BCUT2D eigenvalue weighted by atomic mass is 10.1. The number of hydrazine groups is 1. The van der Waals surface area contributed by atoms with Gasteiger partial charge in [0.25, 0.3) is 15.9 Å². The minimum atomic E-state index is -3.99. The lowest BCUT2D eigenvalue weighted by molar-refractivity contribution is 0.0945. The van der Waals surface area contributed by atoms with Crippen molar-refractivity contribution in [3.05, 3.63) is 71.2 Å². The molecule has 0 aliphatic carbocycles. The topological polar surface area (TPSA) is 84.5 Å². The average Bonchev–Trinajstić information content (AvgIpc) is 2.65. The van der Waals surface area contributed by atoms with Crippen LogP contribution in [0.1, 0.15) is 10.4 Å². The molecule has 3 aromatic rings. The van der Waals surface area contributed by atoms with E-state index in [1.54, 1.807) is 42.5 Å². The Balaban J connectivity index is 1.88. The Morgan fingerprint density at radius 2 is 1.62 bits per heavy atom. The molecule has 0 fully saturated rings. The van der Waals surface area contributed by atoms with Crippen LogP contribution in [-0.2, 0) is 10.0 Å². The highest BCUT2D eigenvalue weighted by Gasteiger charge is 2.20. The molecular formula is C18H15ClN2O4S. The fourth-order valence-electron chi connectivity index (χ4n) is 2.50. The van der Waals surface area contributed by atoms with Crippen LogP contribution in [0.4, 0.5) is 0 Å². The van der Waals surface area contributed by atoms with Crippen molar-refractivity contribution < 1.29 is 17.9 Å². The summed E-state index contributed by atoms with van der Waals surface area (Å²) in [5.74, 6) is -0.0344. The summed E-state index contributed by atoms with van der Waals surface area (Å²) in [7, 11) is -2.47. The van der Waals surface area contributed by atoms with Crippen LogP contribution in [-0.4, -0.2) is 21.4 Å². The van der Waals surface area contributed by atoms with Crippen molar-refractivity contribution in [2.75, 3.05) is 7.11 Å². The first-order chi connectivity index (χ1) is 12.4. The average molecular weight is 391 g/mol. The Kier molecular flexibility index (Phi) is 5.13. The zero-order valence-corrected chi connectivity index (χ0v) is 15.3. The molecule has 134 valence electrons. The first kappa shape index (κ1) is 18.2. The highest BCUT2D eigenvalue weighted by atomic mass is 35.5. The summed E-state index contributed by atoms with van der Waals surface area (Å²) < 4.78 is 30.6. The van der Waals surface area contributed by atoms with E-state index >= 15 is 0 Å². The van der Waals surface area contributed by atoms with Gasteiger partial charge in [0.15, 0.2) is 0 Å². The Labute approximate surface area is 155 Å². The van der Waals surface area contributed by atoms with Crippen molar-refractivity contribution in [2.24, 2.45) is 0 Å². The SMILES string of the molecule is COc1ccc(S(=O)(=O)NNC(=O)c2ccc(Cl)cc2)c2ccccc12. The molecule has 0 saturated carbocycles. The molecular weight excluding hydrogens is 376 g/mol. The van der Waals surface area contributed by atoms with E-state index in [2.05, 4.69) is 10.3 Å². The first-order valence-corrected chi connectivity index (χ1v) is 9.42. The van der Waals surface area contributed by atoms with Gasteiger partial charge in [-0.1, -0.05) is 35.9 Å². The second-order valence-corrected chi connectivity index (χ2v) is 7.47. The summed E-state index contributed by atoms with van der Waals surface area (Å²) in [6.07, 6.45) is 0. The summed E-state index contributed by atoms with van der Waals surface area (Å²) in [6.45, 7) is 0. The quantitative estimate of drug-likeness (QED) is 0.655. The third-order valence-corrected chi connectivity index (χ3v) is 5.32. The number of hydrogen-bond donors (Lipinski definition) is 2. The summed E-state index contributed by atoms with van der Waals surface area (Å²) in [6, 6.07) is 16.0. The van der Waals surface area contributed by atoms with Gasteiger partial charge in [-0.15, -0.1) is 4.83 Å². The normalized spacial score (nSPS) is 11.3. The zero-order valence-electron chi connectivity index (χ0n) is 13.7. The van der Waals surface area contributed by atoms with E-state index < -0.39 is 15.9 Å². The van der Waals surface area contributed by atoms with Gasteiger partial charge in [0.05, 0.1) is 12.0 Å². The van der Waals surface area contributed by atoms with Gasteiger partial charge >= 0.3 is 0 Å². The number of nitrogens with one attached hydrogen (secondary N) is 2. The Morgan fingerprint density at radius 1 is 0.962 bits per heavy atom. The number of fused-ring (bicyclic) bond motifs is 1. The maximum absolute atomic E-state index is 12.6. The highest BCUT2D eigenvalue weighted by molar-refractivity contribution is 7.89. The minimum Gasteiger partial charge on any atom is -0.496 e. The van der Waals surface area contributed by atoms with Crippen molar-refractivity contribution in [1.29, 1.82) is 0 Å².